The molecule has 0 fully saturated rings. The highest BCUT2D eigenvalue weighted by Crippen LogP contribution is 2.23. The molecule has 0 aliphatic rings. The van der Waals surface area contributed by atoms with Crippen LogP contribution < -0.4 is 15.8 Å². The topological polar surface area (TPSA) is 110 Å². The number of nitrogens with two attached hydrogens (primary N) is 1. The van der Waals surface area contributed by atoms with Gasteiger partial charge in [-0.3, -0.25) is 0 Å². The fourth-order valence-corrected chi connectivity index (χ4v) is 2.79. The largest absolute Gasteiger partial charge is 0.398 e. The molecule has 21 heavy (non-hydrogen) atoms. The predicted molar refractivity (Wildman–Crippen MR) is 80.4 cm³/mol. The zero-order valence-corrected chi connectivity index (χ0v) is 12.9. The van der Waals surface area contributed by atoms with Crippen LogP contribution in [-0.4, -0.2) is 20.6 Å². The normalized spacial score (nSPS) is 11.6. The summed E-state index contributed by atoms with van der Waals surface area (Å²) in [4.78, 5) is 0.0629. The lowest BCUT2D eigenvalue weighted by atomic mass is 10.2. The van der Waals surface area contributed by atoms with E-state index in [1.807, 2.05) is 13.8 Å². The van der Waals surface area contributed by atoms with Gasteiger partial charge in [-0.25, -0.2) is 13.1 Å². The second kappa shape index (κ2) is 5.74. The van der Waals surface area contributed by atoms with Gasteiger partial charge in [-0.2, -0.15) is 0 Å². The zero-order valence-electron chi connectivity index (χ0n) is 12.1. The van der Waals surface area contributed by atoms with E-state index in [-0.39, 0.29) is 10.6 Å². The Hall–Kier alpha value is -2.06. The SMILES string of the molecule is CNS(=O)(=O)c1ccc(NCc2c(C)noc2C)cc1N. The van der Waals surface area contributed by atoms with Gasteiger partial charge in [0.1, 0.15) is 10.7 Å². The lowest BCUT2D eigenvalue weighted by Crippen LogP contribution is -2.20. The van der Waals surface area contributed by atoms with Crippen molar-refractivity contribution in [2.45, 2.75) is 25.3 Å². The Bertz CT molecular complexity index is 733. The molecular weight excluding hydrogens is 292 g/mol. The minimum absolute atomic E-state index is 0.0629. The molecule has 0 aliphatic heterocycles. The van der Waals surface area contributed by atoms with E-state index in [0.717, 1.165) is 22.7 Å². The number of aromatic nitrogens is 1. The Balaban J connectivity index is 2.18. The standard InChI is InChI=1S/C13H18N4O3S/c1-8-11(9(2)20-17-8)7-16-10-4-5-13(12(14)6-10)21(18,19)15-3/h4-6,15-16H,7,14H2,1-3H3. The summed E-state index contributed by atoms with van der Waals surface area (Å²) in [5.41, 5.74) is 8.51. The molecule has 2 rings (SSSR count). The summed E-state index contributed by atoms with van der Waals surface area (Å²) in [7, 11) is -2.20. The van der Waals surface area contributed by atoms with E-state index in [1.54, 1.807) is 12.1 Å². The average molecular weight is 310 g/mol. The van der Waals surface area contributed by atoms with E-state index in [9.17, 15) is 8.42 Å². The molecule has 1 aromatic carbocycles. The molecule has 0 unspecified atom stereocenters. The minimum Gasteiger partial charge on any atom is -0.398 e. The Labute approximate surface area is 123 Å². The van der Waals surface area contributed by atoms with Gasteiger partial charge in [0.05, 0.1) is 11.4 Å². The van der Waals surface area contributed by atoms with Crippen LogP contribution in [-0.2, 0) is 16.6 Å². The summed E-state index contributed by atoms with van der Waals surface area (Å²) in [5, 5.41) is 7.05. The summed E-state index contributed by atoms with van der Waals surface area (Å²) in [6, 6.07) is 4.72. The Kier molecular flexibility index (Phi) is 4.19. The van der Waals surface area contributed by atoms with Crippen molar-refractivity contribution in [2.75, 3.05) is 18.1 Å². The number of benzene rings is 1. The molecule has 0 saturated carbocycles. The highest BCUT2D eigenvalue weighted by Gasteiger charge is 2.15. The Morgan fingerprint density at radius 2 is 2.05 bits per heavy atom. The van der Waals surface area contributed by atoms with Gasteiger partial charge in [0.15, 0.2) is 0 Å². The molecule has 0 radical (unpaired) electrons. The summed E-state index contributed by atoms with van der Waals surface area (Å²) in [6.07, 6.45) is 0. The van der Waals surface area contributed by atoms with Crippen LogP contribution in [0.5, 0.6) is 0 Å². The molecule has 4 N–H and O–H groups in total. The molecule has 0 saturated heterocycles. The van der Waals surface area contributed by atoms with Crippen molar-refractivity contribution in [3.63, 3.8) is 0 Å². The van der Waals surface area contributed by atoms with Gasteiger partial charge in [-0.1, -0.05) is 5.16 Å². The van der Waals surface area contributed by atoms with Crippen molar-refractivity contribution in [3.05, 3.63) is 35.2 Å². The van der Waals surface area contributed by atoms with Crippen LogP contribution in [0, 0.1) is 13.8 Å². The second-order valence-electron chi connectivity index (χ2n) is 4.62. The first-order valence-electron chi connectivity index (χ1n) is 6.34. The number of aryl methyl sites for hydroxylation is 2. The Morgan fingerprint density at radius 3 is 2.57 bits per heavy atom. The fraction of sp³-hybridized carbons (Fsp3) is 0.308. The molecule has 2 aromatic rings. The number of hydrogen-bond donors (Lipinski definition) is 3. The molecule has 0 atom stereocenters. The maximum absolute atomic E-state index is 11.7. The quantitative estimate of drug-likeness (QED) is 0.720. The first-order valence-corrected chi connectivity index (χ1v) is 7.82. The van der Waals surface area contributed by atoms with Crippen molar-refractivity contribution < 1.29 is 12.9 Å². The molecule has 1 heterocycles. The van der Waals surface area contributed by atoms with Crippen molar-refractivity contribution in [1.29, 1.82) is 0 Å². The molecule has 0 spiro atoms. The van der Waals surface area contributed by atoms with Crippen LogP contribution in [0.3, 0.4) is 0 Å². The van der Waals surface area contributed by atoms with Gasteiger partial charge in [0, 0.05) is 17.8 Å². The van der Waals surface area contributed by atoms with Gasteiger partial charge < -0.3 is 15.6 Å². The molecule has 114 valence electrons. The summed E-state index contributed by atoms with van der Waals surface area (Å²) in [5.74, 6) is 0.752. The van der Waals surface area contributed by atoms with Crippen molar-refractivity contribution >= 4 is 21.4 Å². The Morgan fingerprint density at radius 1 is 1.33 bits per heavy atom. The lowest BCUT2D eigenvalue weighted by Gasteiger charge is -2.10. The van der Waals surface area contributed by atoms with E-state index < -0.39 is 10.0 Å². The predicted octanol–water partition coefficient (Wildman–Crippen LogP) is 1.39. The van der Waals surface area contributed by atoms with Crippen LogP contribution in [0.25, 0.3) is 0 Å². The fourth-order valence-electron chi connectivity index (χ4n) is 1.96. The van der Waals surface area contributed by atoms with Gasteiger partial charge in [-0.15, -0.1) is 0 Å². The molecule has 7 nitrogen and oxygen atoms in total. The van der Waals surface area contributed by atoms with Gasteiger partial charge >= 0.3 is 0 Å². The zero-order chi connectivity index (χ0) is 15.6. The first kappa shape index (κ1) is 15.3. The third-order valence-electron chi connectivity index (χ3n) is 3.22. The third kappa shape index (κ3) is 3.17. The van der Waals surface area contributed by atoms with Crippen molar-refractivity contribution in [2.24, 2.45) is 0 Å². The van der Waals surface area contributed by atoms with E-state index in [0.29, 0.717) is 6.54 Å². The van der Waals surface area contributed by atoms with Crippen molar-refractivity contribution in [3.8, 4) is 0 Å². The molecular formula is C13H18N4O3S. The van der Waals surface area contributed by atoms with E-state index in [2.05, 4.69) is 15.2 Å². The number of hydrogen-bond acceptors (Lipinski definition) is 6. The van der Waals surface area contributed by atoms with Crippen LogP contribution in [0.2, 0.25) is 0 Å². The van der Waals surface area contributed by atoms with Crippen LogP contribution >= 0.6 is 0 Å². The molecule has 1 aromatic heterocycles. The van der Waals surface area contributed by atoms with Crippen molar-refractivity contribution in [1.82, 2.24) is 9.88 Å². The van der Waals surface area contributed by atoms with Crippen LogP contribution in [0.4, 0.5) is 11.4 Å². The number of nitrogen functional groups attached to an aromatic ring is 1. The summed E-state index contributed by atoms with van der Waals surface area (Å²) in [6.45, 7) is 4.23. The lowest BCUT2D eigenvalue weighted by molar-refractivity contribution is 0.392. The molecule has 0 bridgehead atoms. The van der Waals surface area contributed by atoms with Gasteiger partial charge in [0.25, 0.3) is 0 Å². The van der Waals surface area contributed by atoms with E-state index in [1.165, 1.54) is 13.1 Å². The highest BCUT2D eigenvalue weighted by atomic mass is 32.2. The van der Waals surface area contributed by atoms with Gasteiger partial charge in [-0.05, 0) is 39.1 Å². The van der Waals surface area contributed by atoms with E-state index >= 15 is 0 Å². The monoisotopic (exact) mass is 310 g/mol. The molecule has 0 amide bonds. The number of nitrogens with zero attached hydrogens (tertiary/aromatic N) is 1. The van der Waals surface area contributed by atoms with Crippen LogP contribution in [0.1, 0.15) is 17.0 Å². The maximum atomic E-state index is 11.7. The number of nitrogens with one attached hydrogen (secondary N) is 2. The second-order valence-corrected chi connectivity index (χ2v) is 6.47. The number of rotatable bonds is 5. The third-order valence-corrected chi connectivity index (χ3v) is 4.71. The summed E-state index contributed by atoms with van der Waals surface area (Å²) >= 11 is 0. The number of anilines is 2. The maximum Gasteiger partial charge on any atom is 0.242 e. The van der Waals surface area contributed by atoms with Gasteiger partial charge in [0.2, 0.25) is 10.0 Å². The smallest absolute Gasteiger partial charge is 0.242 e. The highest BCUT2D eigenvalue weighted by molar-refractivity contribution is 7.89. The first-order chi connectivity index (χ1) is 9.85. The molecule has 8 heteroatoms. The minimum atomic E-state index is -3.54. The number of sulfonamides is 1. The molecule has 0 aliphatic carbocycles. The average Bonchev–Trinajstić information content (AvgIpc) is 2.75. The van der Waals surface area contributed by atoms with E-state index in [4.69, 9.17) is 10.3 Å². The van der Waals surface area contributed by atoms with Crippen LogP contribution in [0.15, 0.2) is 27.6 Å². The summed E-state index contributed by atoms with van der Waals surface area (Å²) < 4.78 is 30.8.